The van der Waals surface area contributed by atoms with Crippen molar-refractivity contribution < 1.29 is 9.84 Å². The van der Waals surface area contributed by atoms with Crippen molar-refractivity contribution in [3.05, 3.63) is 76.8 Å². The predicted molar refractivity (Wildman–Crippen MR) is 105 cm³/mol. The van der Waals surface area contributed by atoms with E-state index in [1.165, 1.54) is 0 Å². The zero-order valence-corrected chi connectivity index (χ0v) is 15.5. The van der Waals surface area contributed by atoms with Crippen LogP contribution in [0.3, 0.4) is 0 Å². The molecule has 24 heavy (non-hydrogen) atoms. The fraction of sp³-hybridized carbons (Fsp3) is 0.111. The van der Waals surface area contributed by atoms with Crippen molar-refractivity contribution in [3.63, 3.8) is 0 Å². The summed E-state index contributed by atoms with van der Waals surface area (Å²) < 4.78 is 6.96. The monoisotopic (exact) mass is 404 g/mol. The second-order valence-corrected chi connectivity index (χ2v) is 6.19. The lowest BCUT2D eigenvalue weighted by Crippen LogP contribution is -2.82. The molecule has 4 nitrogen and oxygen atoms in total. The summed E-state index contributed by atoms with van der Waals surface area (Å²) in [5, 5.41) is 6.43. The quantitative estimate of drug-likeness (QED) is 0.286. The Hall–Kier alpha value is -2.18. The summed E-state index contributed by atoms with van der Waals surface area (Å²) in [5.41, 5.74) is 4.91. The Bertz CT molecular complexity index is 716. The topological polar surface area (TPSA) is 47.3 Å². The Kier molecular flexibility index (Phi) is 7.45. The summed E-state index contributed by atoms with van der Waals surface area (Å²) in [7, 11) is 0. The number of para-hydroxylation sites is 1. The Labute approximate surface area is 155 Å². The highest BCUT2D eigenvalue weighted by atomic mass is 79.9. The summed E-state index contributed by atoms with van der Waals surface area (Å²) in [4.78, 5) is 0. The number of thiocarbonyl (C=S) groups is 1. The minimum atomic E-state index is 0.499. The second-order valence-electron chi connectivity index (χ2n) is 4.87. The van der Waals surface area contributed by atoms with Crippen LogP contribution < -0.4 is 20.6 Å². The Balaban J connectivity index is 1.95. The molecule has 0 radical (unpaired) electrons. The van der Waals surface area contributed by atoms with Gasteiger partial charge in [-0.25, -0.2) is 0 Å². The van der Waals surface area contributed by atoms with Gasteiger partial charge >= 0.3 is 0 Å². The molecule has 0 fully saturated rings. The zero-order valence-electron chi connectivity index (χ0n) is 13.1. The number of halogens is 1. The maximum absolute atomic E-state index is 5.91. The van der Waals surface area contributed by atoms with Crippen LogP contribution in [0.15, 0.2) is 65.7 Å². The highest BCUT2D eigenvalue weighted by Gasteiger charge is 2.04. The normalized spacial score (nSPS) is 10.4. The van der Waals surface area contributed by atoms with Crippen molar-refractivity contribution in [1.82, 2.24) is 10.7 Å². The molecule has 6 heteroatoms. The van der Waals surface area contributed by atoms with Crippen molar-refractivity contribution in [1.29, 1.82) is 0 Å². The molecule has 0 unspecified atom stereocenters. The maximum Gasteiger partial charge on any atom is 0.224 e. The highest BCUT2D eigenvalue weighted by Crippen LogP contribution is 2.18. The second kappa shape index (κ2) is 9.85. The molecule has 2 aromatic rings. The molecule has 0 aliphatic rings. The molecule has 0 bridgehead atoms. The van der Waals surface area contributed by atoms with Crippen LogP contribution in [-0.2, 0) is 6.61 Å². The van der Waals surface area contributed by atoms with Gasteiger partial charge in [0.1, 0.15) is 12.4 Å². The van der Waals surface area contributed by atoms with E-state index in [0.717, 1.165) is 21.3 Å². The van der Waals surface area contributed by atoms with Gasteiger partial charge in [0.15, 0.2) is 0 Å². The van der Waals surface area contributed by atoms with Gasteiger partial charge < -0.3 is 10.1 Å². The molecule has 0 heterocycles. The van der Waals surface area contributed by atoms with Crippen LogP contribution in [0, 0.1) is 0 Å². The van der Waals surface area contributed by atoms with Crippen LogP contribution in [0.1, 0.15) is 11.1 Å². The van der Waals surface area contributed by atoms with Crippen LogP contribution in [0.5, 0.6) is 5.75 Å². The fourth-order valence-electron chi connectivity index (χ4n) is 1.86. The summed E-state index contributed by atoms with van der Waals surface area (Å²) >= 11 is 8.53. The lowest BCUT2D eigenvalue weighted by molar-refractivity contribution is -0.500. The molecule has 0 atom stereocenters. The maximum atomic E-state index is 5.91. The van der Waals surface area contributed by atoms with Gasteiger partial charge in [0, 0.05) is 11.0 Å². The third-order valence-electron chi connectivity index (χ3n) is 3.05. The van der Waals surface area contributed by atoms with E-state index in [4.69, 9.17) is 17.0 Å². The lowest BCUT2D eigenvalue weighted by Gasteiger charge is -2.08. The van der Waals surface area contributed by atoms with E-state index in [1.807, 2.05) is 48.5 Å². The minimum Gasteiger partial charge on any atom is -0.488 e. The number of hydrazine groups is 1. The highest BCUT2D eigenvalue weighted by molar-refractivity contribution is 9.10. The van der Waals surface area contributed by atoms with Crippen molar-refractivity contribution in [2.75, 3.05) is 6.54 Å². The van der Waals surface area contributed by atoms with Crippen molar-refractivity contribution >= 4 is 39.5 Å². The number of hydrogen-bond acceptors (Lipinski definition) is 2. The van der Waals surface area contributed by atoms with Gasteiger partial charge in [0.2, 0.25) is 11.3 Å². The van der Waals surface area contributed by atoms with E-state index in [2.05, 4.69) is 38.4 Å². The molecule has 124 valence electrons. The standard InChI is InChI=1S/C18H18BrN3OS/c1-2-11-20-18(24)22-21-12-15-5-3-4-6-17(15)23-13-14-7-9-16(19)10-8-14/h2-10,12H,1,11,13H2,(H2,20,22,24)/p+1. The third kappa shape index (κ3) is 6.14. The number of hydrogen-bond donors (Lipinski definition) is 3. The van der Waals surface area contributed by atoms with Gasteiger partial charge in [-0.3, -0.25) is 0 Å². The molecule has 0 saturated carbocycles. The number of hydrazone groups is 1. The Morgan fingerprint density at radius 1 is 1.21 bits per heavy atom. The van der Waals surface area contributed by atoms with E-state index < -0.39 is 0 Å². The Morgan fingerprint density at radius 2 is 1.96 bits per heavy atom. The summed E-state index contributed by atoms with van der Waals surface area (Å²) in [6.07, 6.45) is 3.54. The van der Waals surface area contributed by atoms with Crippen LogP contribution in [0.2, 0.25) is 0 Å². The third-order valence-corrected chi connectivity index (χ3v) is 3.82. The molecule has 0 aliphatic heterocycles. The fourth-order valence-corrected chi connectivity index (χ4v) is 2.27. The first-order valence-corrected chi connectivity index (χ1v) is 8.59. The van der Waals surface area contributed by atoms with Gasteiger partial charge in [-0.2, -0.15) is 0 Å². The molecule has 0 spiro atoms. The SMILES string of the molecule is C=CCNC(=S)N[NH+]=Cc1ccccc1OCc1ccc(Br)cc1. The van der Waals surface area contributed by atoms with Crippen LogP contribution in [0.25, 0.3) is 0 Å². The zero-order chi connectivity index (χ0) is 17.2. The molecular weight excluding hydrogens is 386 g/mol. The first-order valence-electron chi connectivity index (χ1n) is 7.39. The Morgan fingerprint density at radius 3 is 2.71 bits per heavy atom. The number of benzene rings is 2. The van der Waals surface area contributed by atoms with Gasteiger partial charge in [0.05, 0.1) is 5.56 Å². The first-order chi connectivity index (χ1) is 11.7. The van der Waals surface area contributed by atoms with Crippen molar-refractivity contribution in [2.24, 2.45) is 0 Å². The van der Waals surface area contributed by atoms with E-state index in [0.29, 0.717) is 18.3 Å². The van der Waals surface area contributed by atoms with Gasteiger partial charge in [-0.1, -0.05) is 46.3 Å². The van der Waals surface area contributed by atoms with Crippen LogP contribution in [0.4, 0.5) is 0 Å². The molecule has 0 aromatic heterocycles. The van der Waals surface area contributed by atoms with Gasteiger partial charge in [-0.15, -0.1) is 17.1 Å². The number of nitrogens with one attached hydrogen (secondary N) is 3. The molecule has 0 aliphatic carbocycles. The summed E-state index contributed by atoms with van der Waals surface area (Å²) in [6, 6.07) is 15.8. The average molecular weight is 405 g/mol. The smallest absolute Gasteiger partial charge is 0.224 e. The van der Waals surface area contributed by atoms with Crippen LogP contribution >= 0.6 is 28.1 Å². The molecular formula is C18H19BrN3OS+. The van der Waals surface area contributed by atoms with Crippen LogP contribution in [-0.4, -0.2) is 17.9 Å². The largest absolute Gasteiger partial charge is 0.488 e. The van der Waals surface area contributed by atoms with E-state index >= 15 is 0 Å². The van der Waals surface area contributed by atoms with E-state index in [-0.39, 0.29) is 0 Å². The lowest BCUT2D eigenvalue weighted by atomic mass is 10.2. The number of rotatable bonds is 7. The number of ether oxygens (including phenoxy) is 1. The summed E-state index contributed by atoms with van der Waals surface area (Å²) in [6.45, 7) is 4.74. The van der Waals surface area contributed by atoms with Gasteiger partial charge in [-0.05, 0) is 42.0 Å². The molecule has 2 aromatic carbocycles. The summed E-state index contributed by atoms with van der Waals surface area (Å²) in [5.74, 6) is 0.791. The molecule has 0 saturated heterocycles. The predicted octanol–water partition coefficient (Wildman–Crippen LogP) is 2.09. The van der Waals surface area contributed by atoms with Crippen molar-refractivity contribution in [2.45, 2.75) is 6.61 Å². The molecule has 3 N–H and O–H groups in total. The van der Waals surface area contributed by atoms with Crippen molar-refractivity contribution in [3.8, 4) is 5.75 Å². The van der Waals surface area contributed by atoms with E-state index in [9.17, 15) is 0 Å². The molecule has 2 rings (SSSR count). The van der Waals surface area contributed by atoms with E-state index in [1.54, 1.807) is 12.3 Å². The average Bonchev–Trinajstić information content (AvgIpc) is 2.60. The van der Waals surface area contributed by atoms with Gasteiger partial charge in [0.25, 0.3) is 0 Å². The minimum absolute atomic E-state index is 0.499. The first kappa shape index (κ1) is 18.2. The molecule has 0 amide bonds.